The normalized spacial score (nSPS) is 32.8. The third kappa shape index (κ3) is 2.39. The van der Waals surface area contributed by atoms with Crippen LogP contribution in [0.2, 0.25) is 0 Å². The van der Waals surface area contributed by atoms with Gasteiger partial charge in [-0.2, -0.15) is 0 Å². The standard InChI is InChI=1S/C15H18N2O2/c1-2-11-10-17-6-5-12(11)8-13(17)9-16-15(18)14-4-3-7-19-14/h1,3-4,7,11-13H,5-6,8-10H2,(H,16,18). The molecule has 100 valence electrons. The van der Waals surface area contributed by atoms with Crippen LogP contribution in [0, 0.1) is 24.2 Å². The molecule has 0 aliphatic carbocycles. The van der Waals surface area contributed by atoms with Crippen molar-refractivity contribution in [2.45, 2.75) is 18.9 Å². The van der Waals surface area contributed by atoms with Gasteiger partial charge in [0, 0.05) is 25.0 Å². The van der Waals surface area contributed by atoms with Gasteiger partial charge in [0.25, 0.3) is 5.91 Å². The van der Waals surface area contributed by atoms with Gasteiger partial charge in [-0.25, -0.2) is 0 Å². The van der Waals surface area contributed by atoms with E-state index in [1.807, 2.05) is 0 Å². The van der Waals surface area contributed by atoms with E-state index in [2.05, 4.69) is 16.1 Å². The molecule has 4 nitrogen and oxygen atoms in total. The van der Waals surface area contributed by atoms with Crippen LogP contribution < -0.4 is 5.32 Å². The zero-order valence-corrected chi connectivity index (χ0v) is 10.8. The lowest BCUT2D eigenvalue weighted by molar-refractivity contribution is 0.0226. The maximum absolute atomic E-state index is 11.8. The van der Waals surface area contributed by atoms with Crippen LogP contribution in [0.1, 0.15) is 23.4 Å². The van der Waals surface area contributed by atoms with Crippen molar-refractivity contribution in [3.05, 3.63) is 24.2 Å². The van der Waals surface area contributed by atoms with Crippen molar-refractivity contribution >= 4 is 5.91 Å². The number of furan rings is 1. The highest BCUT2D eigenvalue weighted by molar-refractivity contribution is 5.91. The number of amides is 1. The second kappa shape index (κ2) is 5.10. The average molecular weight is 258 g/mol. The van der Waals surface area contributed by atoms with E-state index >= 15 is 0 Å². The van der Waals surface area contributed by atoms with Crippen molar-refractivity contribution < 1.29 is 9.21 Å². The lowest BCUT2D eigenvalue weighted by Gasteiger charge is -2.48. The molecule has 4 atom stereocenters. The molecule has 4 rings (SSSR count). The fraction of sp³-hybridized carbons (Fsp3) is 0.533. The first-order valence-corrected chi connectivity index (χ1v) is 6.80. The molecule has 0 saturated carbocycles. The van der Waals surface area contributed by atoms with Gasteiger partial charge >= 0.3 is 0 Å². The van der Waals surface area contributed by atoms with E-state index in [0.717, 1.165) is 19.5 Å². The first-order valence-electron chi connectivity index (χ1n) is 6.80. The molecule has 3 aliphatic heterocycles. The van der Waals surface area contributed by atoms with Crippen LogP contribution in [0.5, 0.6) is 0 Å². The first kappa shape index (κ1) is 12.3. The minimum atomic E-state index is -0.138. The topological polar surface area (TPSA) is 45.5 Å². The summed E-state index contributed by atoms with van der Waals surface area (Å²) < 4.78 is 5.08. The molecule has 3 aliphatic rings. The number of carbonyl (C=O) groups is 1. The minimum absolute atomic E-state index is 0.138. The molecule has 0 spiro atoms. The molecule has 1 N–H and O–H groups in total. The fourth-order valence-electron chi connectivity index (χ4n) is 3.24. The molecule has 4 heterocycles. The lowest BCUT2D eigenvalue weighted by Crippen LogP contribution is -2.56. The van der Waals surface area contributed by atoms with Gasteiger partial charge in [-0.1, -0.05) is 0 Å². The van der Waals surface area contributed by atoms with Crippen LogP contribution in [-0.2, 0) is 0 Å². The number of hydrogen-bond donors (Lipinski definition) is 1. The maximum atomic E-state index is 11.8. The van der Waals surface area contributed by atoms with E-state index in [4.69, 9.17) is 10.8 Å². The fourth-order valence-corrected chi connectivity index (χ4v) is 3.24. The molecule has 4 heteroatoms. The molecule has 0 radical (unpaired) electrons. The van der Waals surface area contributed by atoms with E-state index in [9.17, 15) is 4.79 Å². The van der Waals surface area contributed by atoms with Crippen molar-refractivity contribution in [1.29, 1.82) is 0 Å². The number of terminal acetylenes is 1. The summed E-state index contributed by atoms with van der Waals surface area (Å²) in [7, 11) is 0. The molecular weight excluding hydrogens is 240 g/mol. The summed E-state index contributed by atoms with van der Waals surface area (Å²) in [4.78, 5) is 14.2. The Hall–Kier alpha value is -1.73. The van der Waals surface area contributed by atoms with Gasteiger partial charge in [0.2, 0.25) is 0 Å². The van der Waals surface area contributed by atoms with E-state index < -0.39 is 0 Å². The Morgan fingerprint density at radius 1 is 1.63 bits per heavy atom. The summed E-state index contributed by atoms with van der Waals surface area (Å²) in [6, 6.07) is 3.82. The summed E-state index contributed by atoms with van der Waals surface area (Å²) in [5.41, 5.74) is 0. The van der Waals surface area contributed by atoms with Crippen LogP contribution in [0.15, 0.2) is 22.8 Å². The highest BCUT2D eigenvalue weighted by atomic mass is 16.3. The number of nitrogens with one attached hydrogen (secondary N) is 1. The second-order valence-corrected chi connectivity index (χ2v) is 5.39. The van der Waals surface area contributed by atoms with Crippen LogP contribution in [0.3, 0.4) is 0 Å². The van der Waals surface area contributed by atoms with Crippen molar-refractivity contribution in [2.75, 3.05) is 19.6 Å². The zero-order chi connectivity index (χ0) is 13.2. The van der Waals surface area contributed by atoms with E-state index in [-0.39, 0.29) is 5.91 Å². The maximum Gasteiger partial charge on any atom is 0.287 e. The van der Waals surface area contributed by atoms with Gasteiger partial charge in [-0.3, -0.25) is 9.69 Å². The van der Waals surface area contributed by atoms with Crippen molar-refractivity contribution in [1.82, 2.24) is 10.2 Å². The minimum Gasteiger partial charge on any atom is -0.459 e. The number of hydrogen-bond acceptors (Lipinski definition) is 3. The van der Waals surface area contributed by atoms with E-state index in [1.165, 1.54) is 12.7 Å². The molecule has 4 unspecified atom stereocenters. The summed E-state index contributed by atoms with van der Waals surface area (Å²) in [5, 5.41) is 2.95. The summed E-state index contributed by atoms with van der Waals surface area (Å²) in [6.07, 6.45) is 9.36. The van der Waals surface area contributed by atoms with E-state index in [1.54, 1.807) is 12.1 Å². The van der Waals surface area contributed by atoms with Gasteiger partial charge in [0.1, 0.15) is 0 Å². The second-order valence-electron chi connectivity index (χ2n) is 5.39. The predicted molar refractivity (Wildman–Crippen MR) is 71.4 cm³/mol. The van der Waals surface area contributed by atoms with Gasteiger partial charge in [-0.05, 0) is 37.4 Å². The van der Waals surface area contributed by atoms with Gasteiger partial charge in [-0.15, -0.1) is 12.3 Å². The predicted octanol–water partition coefficient (Wildman–Crippen LogP) is 1.35. The third-order valence-corrected chi connectivity index (χ3v) is 4.34. The average Bonchev–Trinajstić information content (AvgIpc) is 2.99. The SMILES string of the molecule is C#CC1CN2CCC1CC2CNC(=O)c1ccco1. The number of nitrogens with zero attached hydrogens (tertiary/aromatic N) is 1. The van der Waals surface area contributed by atoms with Crippen LogP contribution in [0.4, 0.5) is 0 Å². The summed E-state index contributed by atoms with van der Waals surface area (Å²) in [5.74, 6) is 4.15. The lowest BCUT2D eigenvalue weighted by atomic mass is 9.76. The number of carbonyl (C=O) groups excluding carboxylic acids is 1. The van der Waals surface area contributed by atoms with Crippen molar-refractivity contribution in [3.63, 3.8) is 0 Å². The van der Waals surface area contributed by atoms with Gasteiger partial charge < -0.3 is 9.73 Å². The summed E-state index contributed by atoms with van der Waals surface area (Å²) >= 11 is 0. The van der Waals surface area contributed by atoms with Crippen LogP contribution in [-0.4, -0.2) is 36.5 Å². The highest BCUT2D eigenvalue weighted by Crippen LogP contribution is 2.35. The number of fused-ring (bicyclic) bond motifs is 3. The van der Waals surface area contributed by atoms with Crippen molar-refractivity contribution in [2.24, 2.45) is 11.8 Å². The first-order chi connectivity index (χ1) is 9.28. The Morgan fingerprint density at radius 3 is 3.16 bits per heavy atom. The molecule has 1 aromatic heterocycles. The Morgan fingerprint density at radius 2 is 2.53 bits per heavy atom. The van der Waals surface area contributed by atoms with Crippen molar-refractivity contribution in [3.8, 4) is 12.3 Å². The Balaban J connectivity index is 1.55. The monoisotopic (exact) mass is 258 g/mol. The smallest absolute Gasteiger partial charge is 0.287 e. The highest BCUT2D eigenvalue weighted by Gasteiger charge is 2.39. The van der Waals surface area contributed by atoms with E-state index in [0.29, 0.717) is 30.2 Å². The molecule has 1 amide bonds. The Kier molecular flexibility index (Phi) is 3.31. The molecule has 3 saturated heterocycles. The molecule has 19 heavy (non-hydrogen) atoms. The zero-order valence-electron chi connectivity index (χ0n) is 10.8. The molecular formula is C15H18N2O2. The quantitative estimate of drug-likeness (QED) is 0.833. The van der Waals surface area contributed by atoms with Gasteiger partial charge in [0.15, 0.2) is 5.76 Å². The van der Waals surface area contributed by atoms with Crippen LogP contribution >= 0.6 is 0 Å². The largest absolute Gasteiger partial charge is 0.459 e. The number of rotatable bonds is 3. The third-order valence-electron chi connectivity index (χ3n) is 4.34. The summed E-state index contributed by atoms with van der Waals surface area (Å²) in [6.45, 7) is 2.75. The van der Waals surface area contributed by atoms with Crippen LogP contribution in [0.25, 0.3) is 0 Å². The molecule has 1 aromatic rings. The molecule has 2 bridgehead atoms. The van der Waals surface area contributed by atoms with Gasteiger partial charge in [0.05, 0.1) is 6.26 Å². The molecule has 0 aromatic carbocycles. The molecule has 3 fully saturated rings. The Bertz CT molecular complexity index is 489. The Labute approximate surface area is 113 Å². The number of piperidine rings is 3.